The molecular formula is C11H20N4O3S. The third-order valence-electron chi connectivity index (χ3n) is 2.37. The predicted molar refractivity (Wildman–Crippen MR) is 75.3 cm³/mol. The molecular weight excluding hydrogens is 268 g/mol. The Morgan fingerprint density at radius 3 is 2.11 bits per heavy atom. The van der Waals surface area contributed by atoms with Crippen LogP contribution in [0.1, 0.15) is 20.3 Å². The third-order valence-corrected chi connectivity index (χ3v) is 2.51. The molecule has 0 heterocycles. The standard InChI is InChI=1S/C11H20N4O3S/c1-3-15(4-2)9(16)5-6-13-10(17)11(18)14-7-8(12)19/h3-7H2,1-2H3,(H2,12,19)(H,13,17)(H,14,18). The molecule has 8 heteroatoms. The van der Waals surface area contributed by atoms with E-state index in [4.69, 9.17) is 5.73 Å². The molecule has 0 saturated heterocycles. The summed E-state index contributed by atoms with van der Waals surface area (Å²) in [5, 5.41) is 4.61. The quantitative estimate of drug-likeness (QED) is 0.402. The van der Waals surface area contributed by atoms with Crippen molar-refractivity contribution in [1.82, 2.24) is 15.5 Å². The second kappa shape index (κ2) is 9.26. The molecule has 0 spiro atoms. The van der Waals surface area contributed by atoms with Crippen molar-refractivity contribution in [3.05, 3.63) is 0 Å². The number of carbonyl (C=O) groups is 3. The van der Waals surface area contributed by atoms with E-state index in [0.29, 0.717) is 13.1 Å². The van der Waals surface area contributed by atoms with Crippen LogP contribution < -0.4 is 16.4 Å². The molecule has 19 heavy (non-hydrogen) atoms. The molecule has 0 fully saturated rings. The molecule has 0 radical (unpaired) electrons. The van der Waals surface area contributed by atoms with Gasteiger partial charge in [-0.05, 0) is 13.8 Å². The predicted octanol–water partition coefficient (Wildman–Crippen LogP) is -1.24. The normalized spacial score (nSPS) is 9.58. The van der Waals surface area contributed by atoms with Gasteiger partial charge in [-0.2, -0.15) is 0 Å². The zero-order valence-corrected chi connectivity index (χ0v) is 12.0. The van der Waals surface area contributed by atoms with E-state index in [-0.39, 0.29) is 30.4 Å². The van der Waals surface area contributed by atoms with Crippen LogP contribution in [0.4, 0.5) is 0 Å². The maximum absolute atomic E-state index is 11.6. The topological polar surface area (TPSA) is 105 Å². The van der Waals surface area contributed by atoms with Gasteiger partial charge in [0.15, 0.2) is 0 Å². The van der Waals surface area contributed by atoms with E-state index in [1.807, 2.05) is 13.8 Å². The lowest BCUT2D eigenvalue weighted by molar-refractivity contribution is -0.139. The molecule has 0 rings (SSSR count). The van der Waals surface area contributed by atoms with Gasteiger partial charge in [-0.15, -0.1) is 0 Å². The van der Waals surface area contributed by atoms with Crippen LogP contribution in [-0.2, 0) is 14.4 Å². The minimum absolute atomic E-state index is 0.0278. The molecule has 0 aromatic heterocycles. The van der Waals surface area contributed by atoms with Gasteiger partial charge in [0.1, 0.15) is 0 Å². The summed E-state index contributed by atoms with van der Waals surface area (Å²) >= 11 is 4.56. The molecule has 0 aliphatic rings. The Bertz CT molecular complexity index is 356. The number of nitrogens with zero attached hydrogens (tertiary/aromatic N) is 1. The second-order valence-corrected chi connectivity index (χ2v) is 4.25. The van der Waals surface area contributed by atoms with Gasteiger partial charge in [0, 0.05) is 26.1 Å². The zero-order chi connectivity index (χ0) is 14.8. The minimum Gasteiger partial charge on any atom is -0.392 e. The average molecular weight is 288 g/mol. The first-order valence-corrected chi connectivity index (χ1v) is 6.45. The Kier molecular flexibility index (Phi) is 8.43. The summed E-state index contributed by atoms with van der Waals surface area (Å²) < 4.78 is 0. The highest BCUT2D eigenvalue weighted by Crippen LogP contribution is 1.92. The summed E-state index contributed by atoms with van der Waals surface area (Å²) in [6, 6.07) is 0. The molecule has 7 nitrogen and oxygen atoms in total. The smallest absolute Gasteiger partial charge is 0.309 e. The summed E-state index contributed by atoms with van der Waals surface area (Å²) in [6.45, 7) is 5.09. The van der Waals surface area contributed by atoms with Gasteiger partial charge in [0.2, 0.25) is 5.91 Å². The zero-order valence-electron chi connectivity index (χ0n) is 11.2. The molecule has 108 valence electrons. The van der Waals surface area contributed by atoms with Gasteiger partial charge in [0.25, 0.3) is 0 Å². The van der Waals surface area contributed by atoms with Crippen molar-refractivity contribution in [3.8, 4) is 0 Å². The lowest BCUT2D eigenvalue weighted by atomic mass is 10.3. The van der Waals surface area contributed by atoms with Crippen LogP contribution in [0.15, 0.2) is 0 Å². The van der Waals surface area contributed by atoms with Gasteiger partial charge in [-0.25, -0.2) is 0 Å². The maximum atomic E-state index is 11.6. The van der Waals surface area contributed by atoms with Gasteiger partial charge in [-0.1, -0.05) is 12.2 Å². The lowest BCUT2D eigenvalue weighted by Gasteiger charge is -2.18. The Morgan fingerprint density at radius 1 is 1.11 bits per heavy atom. The summed E-state index contributed by atoms with van der Waals surface area (Å²) in [4.78, 5) is 35.9. The fourth-order valence-corrected chi connectivity index (χ4v) is 1.42. The first-order chi connectivity index (χ1) is 8.92. The molecule has 0 bridgehead atoms. The molecule has 0 aromatic rings. The molecule has 0 aliphatic heterocycles. The van der Waals surface area contributed by atoms with Crippen molar-refractivity contribution in [3.63, 3.8) is 0 Å². The van der Waals surface area contributed by atoms with Crippen LogP contribution >= 0.6 is 12.2 Å². The largest absolute Gasteiger partial charge is 0.392 e. The molecule has 0 aliphatic carbocycles. The molecule has 0 atom stereocenters. The molecule has 3 amide bonds. The first kappa shape index (κ1) is 17.3. The van der Waals surface area contributed by atoms with Crippen LogP contribution in [0.5, 0.6) is 0 Å². The van der Waals surface area contributed by atoms with E-state index in [9.17, 15) is 14.4 Å². The molecule has 4 N–H and O–H groups in total. The van der Waals surface area contributed by atoms with E-state index >= 15 is 0 Å². The van der Waals surface area contributed by atoms with Gasteiger partial charge < -0.3 is 21.3 Å². The summed E-state index contributed by atoms with van der Waals surface area (Å²) in [5.74, 6) is -1.68. The average Bonchev–Trinajstić information content (AvgIpc) is 2.37. The van der Waals surface area contributed by atoms with Crippen molar-refractivity contribution in [2.24, 2.45) is 5.73 Å². The maximum Gasteiger partial charge on any atom is 0.309 e. The van der Waals surface area contributed by atoms with E-state index in [1.54, 1.807) is 4.90 Å². The number of hydrogen-bond acceptors (Lipinski definition) is 4. The minimum atomic E-state index is -0.817. The summed E-state index contributed by atoms with van der Waals surface area (Å²) in [6.07, 6.45) is 0.163. The summed E-state index contributed by atoms with van der Waals surface area (Å²) in [7, 11) is 0. The Morgan fingerprint density at radius 2 is 1.63 bits per heavy atom. The van der Waals surface area contributed by atoms with Gasteiger partial charge in [-0.3, -0.25) is 14.4 Å². The van der Waals surface area contributed by atoms with Gasteiger partial charge in [0.05, 0.1) is 11.5 Å². The number of thiocarbonyl (C=S) groups is 1. The van der Waals surface area contributed by atoms with E-state index in [0.717, 1.165) is 0 Å². The second-order valence-electron chi connectivity index (χ2n) is 3.72. The van der Waals surface area contributed by atoms with Crippen LogP contribution in [0, 0.1) is 0 Å². The van der Waals surface area contributed by atoms with Gasteiger partial charge >= 0.3 is 11.8 Å². The fourth-order valence-electron chi connectivity index (χ4n) is 1.35. The number of carbonyl (C=O) groups excluding carboxylic acids is 3. The van der Waals surface area contributed by atoms with Crippen LogP contribution in [0.2, 0.25) is 0 Å². The Balaban J connectivity index is 3.94. The van der Waals surface area contributed by atoms with Crippen LogP contribution in [-0.4, -0.2) is 53.8 Å². The lowest BCUT2D eigenvalue weighted by Crippen LogP contribution is -2.43. The Labute approximate surface area is 117 Å². The fraction of sp³-hybridized carbons (Fsp3) is 0.636. The van der Waals surface area contributed by atoms with E-state index in [2.05, 4.69) is 22.9 Å². The number of nitrogens with one attached hydrogen (secondary N) is 2. The van der Waals surface area contributed by atoms with Crippen LogP contribution in [0.3, 0.4) is 0 Å². The first-order valence-electron chi connectivity index (χ1n) is 6.04. The highest BCUT2D eigenvalue weighted by Gasteiger charge is 2.14. The molecule has 0 aromatic carbocycles. The number of nitrogens with two attached hydrogens (primary N) is 1. The van der Waals surface area contributed by atoms with Crippen molar-refractivity contribution in [2.75, 3.05) is 26.2 Å². The molecule has 0 saturated carbocycles. The Hall–Kier alpha value is -1.70. The van der Waals surface area contributed by atoms with E-state index < -0.39 is 11.8 Å². The van der Waals surface area contributed by atoms with Crippen molar-refractivity contribution >= 4 is 34.9 Å². The van der Waals surface area contributed by atoms with Crippen molar-refractivity contribution < 1.29 is 14.4 Å². The monoisotopic (exact) mass is 288 g/mol. The molecule has 0 unspecified atom stereocenters. The summed E-state index contributed by atoms with van der Waals surface area (Å²) in [5.41, 5.74) is 5.18. The highest BCUT2D eigenvalue weighted by molar-refractivity contribution is 7.80. The highest BCUT2D eigenvalue weighted by atomic mass is 32.1. The SMILES string of the molecule is CCN(CC)C(=O)CCNC(=O)C(=O)NCC(N)=S. The van der Waals surface area contributed by atoms with E-state index in [1.165, 1.54) is 0 Å². The number of hydrogen-bond donors (Lipinski definition) is 3. The number of amides is 3. The third kappa shape index (κ3) is 7.35. The number of rotatable bonds is 7. The van der Waals surface area contributed by atoms with Crippen LogP contribution in [0.25, 0.3) is 0 Å². The van der Waals surface area contributed by atoms with Crippen molar-refractivity contribution in [1.29, 1.82) is 0 Å². The van der Waals surface area contributed by atoms with Crippen molar-refractivity contribution in [2.45, 2.75) is 20.3 Å².